The van der Waals surface area contributed by atoms with Crippen LogP contribution < -0.4 is 5.73 Å². The zero-order valence-corrected chi connectivity index (χ0v) is 13.9. The third kappa shape index (κ3) is 5.43. The summed E-state index contributed by atoms with van der Waals surface area (Å²) in [6.45, 7) is 3.74. The van der Waals surface area contributed by atoms with Gasteiger partial charge in [0.2, 0.25) is 5.91 Å². The molecule has 0 spiro atoms. The van der Waals surface area contributed by atoms with Gasteiger partial charge in [0.1, 0.15) is 5.82 Å². The topological polar surface area (TPSA) is 90.8 Å². The van der Waals surface area contributed by atoms with E-state index in [9.17, 15) is 9.18 Å². The number of hydrogen-bond donors (Lipinski definition) is 3. The van der Waals surface area contributed by atoms with Gasteiger partial charge in [-0.1, -0.05) is 30.4 Å². The number of benzene rings is 1. The molecule has 0 radical (unpaired) electrons. The number of halogens is 1. The lowest BCUT2D eigenvalue weighted by atomic mass is 9.96. The molecule has 0 aromatic heterocycles. The maximum Gasteiger partial charge on any atom is 0.217 e. The molecule has 0 saturated carbocycles. The summed E-state index contributed by atoms with van der Waals surface area (Å²) < 4.78 is 14.5. The Hall–Kier alpha value is -2.82. The summed E-state index contributed by atoms with van der Waals surface area (Å²) in [5, 5.41) is 15.0. The minimum absolute atomic E-state index is 0.0653. The van der Waals surface area contributed by atoms with Crippen LogP contribution in [0.25, 0.3) is 5.57 Å². The highest BCUT2D eigenvalue weighted by Crippen LogP contribution is 2.25. The summed E-state index contributed by atoms with van der Waals surface area (Å²) in [4.78, 5) is 10.8. The molecule has 24 heavy (non-hydrogen) atoms. The molecule has 0 atom stereocenters. The Morgan fingerprint density at radius 1 is 1.29 bits per heavy atom. The van der Waals surface area contributed by atoms with Crippen LogP contribution in [0.2, 0.25) is 0 Å². The van der Waals surface area contributed by atoms with E-state index in [1.165, 1.54) is 12.1 Å². The molecule has 4 N–H and O–H groups in total. The van der Waals surface area contributed by atoms with Crippen molar-refractivity contribution in [1.82, 2.24) is 0 Å². The highest BCUT2D eigenvalue weighted by Gasteiger charge is 2.11. The maximum absolute atomic E-state index is 14.5. The van der Waals surface area contributed by atoms with Crippen LogP contribution in [0.4, 0.5) is 4.39 Å². The number of hydrogen-bond acceptors (Lipinski definition) is 3. The van der Waals surface area contributed by atoms with Crippen molar-refractivity contribution >= 4 is 23.4 Å². The van der Waals surface area contributed by atoms with Crippen molar-refractivity contribution in [3.63, 3.8) is 0 Å². The van der Waals surface area contributed by atoms with Crippen molar-refractivity contribution in [2.75, 3.05) is 0 Å². The number of amides is 1. The van der Waals surface area contributed by atoms with E-state index in [0.29, 0.717) is 16.7 Å². The summed E-state index contributed by atoms with van der Waals surface area (Å²) >= 11 is 0. The predicted molar refractivity (Wildman–Crippen MR) is 97.0 cm³/mol. The average molecular weight is 327 g/mol. The van der Waals surface area contributed by atoms with Gasteiger partial charge in [-0.15, -0.1) is 0 Å². The lowest BCUT2D eigenvalue weighted by Gasteiger charge is -2.10. The van der Waals surface area contributed by atoms with E-state index in [2.05, 4.69) is 0 Å². The zero-order valence-electron chi connectivity index (χ0n) is 13.9. The highest BCUT2D eigenvalue weighted by molar-refractivity contribution is 6.00. The number of nitrogens with two attached hydrogens (primary N) is 1. The normalized spacial score (nSPS) is 12.5. The van der Waals surface area contributed by atoms with Crippen molar-refractivity contribution in [2.45, 2.75) is 26.7 Å². The fraction of sp³-hybridized carbons (Fsp3) is 0.211. The minimum atomic E-state index is -0.485. The first-order chi connectivity index (χ1) is 11.4. The van der Waals surface area contributed by atoms with E-state index in [-0.39, 0.29) is 18.6 Å². The fourth-order valence-electron chi connectivity index (χ4n) is 2.23. The molecule has 126 valence electrons. The van der Waals surface area contributed by atoms with Gasteiger partial charge in [0.15, 0.2) is 0 Å². The molecule has 0 aliphatic carbocycles. The van der Waals surface area contributed by atoms with E-state index >= 15 is 0 Å². The third-order valence-corrected chi connectivity index (χ3v) is 3.43. The number of rotatable bonds is 8. The molecule has 0 fully saturated rings. The summed E-state index contributed by atoms with van der Waals surface area (Å²) in [5.41, 5.74) is 7.61. The molecule has 1 amide bonds. The largest absolute Gasteiger partial charge is 0.370 e. The van der Waals surface area contributed by atoms with Crippen LogP contribution >= 0.6 is 0 Å². The van der Waals surface area contributed by atoms with Gasteiger partial charge in [-0.25, -0.2) is 4.39 Å². The SMILES string of the molecule is C/C=C/C(C)=C(/C=C\C=N)c1ccc(C(=N)CCC(N)=O)cc1F. The van der Waals surface area contributed by atoms with E-state index in [4.69, 9.17) is 16.6 Å². The van der Waals surface area contributed by atoms with Crippen LogP contribution in [0.3, 0.4) is 0 Å². The van der Waals surface area contributed by atoms with Gasteiger partial charge in [0.25, 0.3) is 0 Å². The smallest absolute Gasteiger partial charge is 0.217 e. The molecule has 0 bridgehead atoms. The van der Waals surface area contributed by atoms with Crippen molar-refractivity contribution < 1.29 is 9.18 Å². The highest BCUT2D eigenvalue weighted by atomic mass is 19.1. The molecule has 0 saturated heterocycles. The number of carbonyl (C=O) groups is 1. The number of nitrogens with one attached hydrogen (secondary N) is 2. The standard InChI is InChI=1S/C19H22FN3O/c1-3-5-13(2)15(6-4-11-21)16-8-7-14(12-17(16)20)18(22)9-10-19(23)24/h3-8,11-12,21-22H,9-10H2,1-2H3,(H2,23,24)/b5-3+,6-4-,15-13-,21-11?,22-18?. The second kappa shape index (κ2) is 9.35. The van der Waals surface area contributed by atoms with Crippen molar-refractivity contribution in [2.24, 2.45) is 5.73 Å². The van der Waals surface area contributed by atoms with Gasteiger partial charge in [-0.2, -0.15) is 0 Å². The van der Waals surface area contributed by atoms with Crippen LogP contribution in [0.15, 0.2) is 48.1 Å². The number of allylic oxidation sites excluding steroid dienone is 6. The van der Waals surface area contributed by atoms with Crippen LogP contribution in [-0.4, -0.2) is 17.8 Å². The molecular formula is C19H22FN3O. The Morgan fingerprint density at radius 3 is 2.54 bits per heavy atom. The lowest BCUT2D eigenvalue weighted by molar-refractivity contribution is -0.117. The van der Waals surface area contributed by atoms with E-state index in [1.807, 2.05) is 26.0 Å². The fourth-order valence-corrected chi connectivity index (χ4v) is 2.23. The summed E-state index contributed by atoms with van der Waals surface area (Å²) in [6.07, 6.45) is 8.32. The average Bonchev–Trinajstić information content (AvgIpc) is 2.54. The summed E-state index contributed by atoms with van der Waals surface area (Å²) in [6, 6.07) is 4.56. The second-order valence-corrected chi connectivity index (χ2v) is 5.26. The van der Waals surface area contributed by atoms with E-state index < -0.39 is 11.7 Å². The van der Waals surface area contributed by atoms with Crippen molar-refractivity contribution in [1.29, 1.82) is 10.8 Å². The molecule has 0 unspecified atom stereocenters. The third-order valence-electron chi connectivity index (χ3n) is 3.43. The van der Waals surface area contributed by atoms with Crippen molar-refractivity contribution in [3.8, 4) is 0 Å². The van der Waals surface area contributed by atoms with Gasteiger partial charge in [-0.3, -0.25) is 4.79 Å². The van der Waals surface area contributed by atoms with Gasteiger partial charge in [0.05, 0.1) is 0 Å². The Labute approximate surface area is 141 Å². The quantitative estimate of drug-likeness (QED) is 0.488. The van der Waals surface area contributed by atoms with Crippen LogP contribution in [0.5, 0.6) is 0 Å². The van der Waals surface area contributed by atoms with Crippen LogP contribution in [-0.2, 0) is 4.79 Å². The summed E-state index contributed by atoms with van der Waals surface area (Å²) in [5.74, 6) is -0.939. The minimum Gasteiger partial charge on any atom is -0.370 e. The first kappa shape index (κ1) is 19.2. The molecule has 0 heterocycles. The molecule has 0 aliphatic heterocycles. The van der Waals surface area contributed by atoms with Gasteiger partial charge < -0.3 is 16.6 Å². The first-order valence-corrected chi connectivity index (χ1v) is 7.57. The van der Waals surface area contributed by atoms with Crippen molar-refractivity contribution in [3.05, 3.63) is 65.0 Å². The van der Waals surface area contributed by atoms with Gasteiger partial charge >= 0.3 is 0 Å². The second-order valence-electron chi connectivity index (χ2n) is 5.26. The zero-order chi connectivity index (χ0) is 18.1. The predicted octanol–water partition coefficient (Wildman–Crippen LogP) is 4.01. The first-order valence-electron chi connectivity index (χ1n) is 7.57. The molecule has 4 nitrogen and oxygen atoms in total. The maximum atomic E-state index is 14.5. The Bertz CT molecular complexity index is 730. The molecular weight excluding hydrogens is 305 g/mol. The molecule has 1 rings (SSSR count). The number of carbonyl (C=O) groups excluding carboxylic acids is 1. The monoisotopic (exact) mass is 327 g/mol. The van der Waals surface area contributed by atoms with Crippen LogP contribution in [0, 0.1) is 16.6 Å². The Balaban J connectivity index is 3.23. The Kier molecular flexibility index (Phi) is 7.49. The van der Waals surface area contributed by atoms with Gasteiger partial charge in [0, 0.05) is 23.9 Å². The molecule has 5 heteroatoms. The molecule has 1 aromatic rings. The number of primary amides is 1. The summed E-state index contributed by atoms with van der Waals surface area (Å²) in [7, 11) is 0. The Morgan fingerprint density at radius 2 is 2.00 bits per heavy atom. The lowest BCUT2D eigenvalue weighted by Crippen LogP contribution is -2.13. The molecule has 1 aromatic carbocycles. The molecule has 0 aliphatic rings. The van der Waals surface area contributed by atoms with E-state index in [1.54, 1.807) is 18.2 Å². The van der Waals surface area contributed by atoms with E-state index in [0.717, 1.165) is 11.8 Å². The van der Waals surface area contributed by atoms with Crippen LogP contribution in [0.1, 0.15) is 37.8 Å². The van der Waals surface area contributed by atoms with Gasteiger partial charge in [-0.05, 0) is 49.1 Å².